The summed E-state index contributed by atoms with van der Waals surface area (Å²) in [5, 5.41) is 22.0. The number of hydrogen-bond donors (Lipinski definition) is 4. The number of pyridine rings is 1. The molecule has 0 aliphatic rings. The summed E-state index contributed by atoms with van der Waals surface area (Å²) in [4.78, 5) is 20.9. The summed E-state index contributed by atoms with van der Waals surface area (Å²) in [6.45, 7) is 6.06. The Hall–Kier alpha value is -3.34. The minimum atomic E-state index is -1.64. The predicted octanol–water partition coefficient (Wildman–Crippen LogP) is 2.67. The zero-order valence-electron chi connectivity index (χ0n) is 17.6. The summed E-state index contributed by atoms with van der Waals surface area (Å²) in [5.74, 6) is -0.966. The van der Waals surface area contributed by atoms with Crippen molar-refractivity contribution in [1.29, 1.82) is 0 Å². The lowest BCUT2D eigenvalue weighted by Gasteiger charge is -2.23. The zero-order chi connectivity index (χ0) is 22.8. The smallest absolute Gasteiger partial charge is 0.255 e. The Kier molecular flexibility index (Phi) is 6.34. The van der Waals surface area contributed by atoms with Gasteiger partial charge in [-0.05, 0) is 27.7 Å². The molecule has 0 bridgehead atoms. The lowest BCUT2D eigenvalue weighted by molar-refractivity contribution is -0.00177. The van der Waals surface area contributed by atoms with Crippen molar-refractivity contribution in [1.82, 2.24) is 24.9 Å². The van der Waals surface area contributed by atoms with Crippen LogP contribution in [0.25, 0.3) is 5.65 Å². The molecule has 0 aliphatic heterocycles. The standard InChI is InChI=1S/C20H25F2N7O2/c1-11(2)26-14-7-16(27-18-13(21)10-29-17(28-18)5-6-25-29)23-8-12(14)19(30)24-9-15(22)20(3,4)31/h5-8,10-11,15,31H,9H2,1-4H3,(H,24,30)(H2,23,26,27,28). The van der Waals surface area contributed by atoms with E-state index in [0.29, 0.717) is 11.3 Å². The van der Waals surface area contributed by atoms with Gasteiger partial charge in [0.25, 0.3) is 5.91 Å². The van der Waals surface area contributed by atoms with Crippen LogP contribution in [0.3, 0.4) is 0 Å². The van der Waals surface area contributed by atoms with Crippen LogP contribution in [0, 0.1) is 5.82 Å². The van der Waals surface area contributed by atoms with Gasteiger partial charge in [-0.15, -0.1) is 0 Å². The first-order valence-corrected chi connectivity index (χ1v) is 9.72. The van der Waals surface area contributed by atoms with Gasteiger partial charge in [-0.1, -0.05) is 0 Å². The van der Waals surface area contributed by atoms with Crippen LogP contribution in [-0.2, 0) is 0 Å². The largest absolute Gasteiger partial charge is 0.387 e. The maximum Gasteiger partial charge on any atom is 0.255 e. The van der Waals surface area contributed by atoms with Crippen molar-refractivity contribution < 1.29 is 18.7 Å². The van der Waals surface area contributed by atoms with Crippen molar-refractivity contribution in [2.75, 3.05) is 17.2 Å². The highest BCUT2D eigenvalue weighted by atomic mass is 19.1. The Morgan fingerprint density at radius 2 is 2.10 bits per heavy atom. The van der Waals surface area contributed by atoms with Crippen molar-refractivity contribution in [2.24, 2.45) is 0 Å². The molecular formula is C20H25F2N7O2. The van der Waals surface area contributed by atoms with Gasteiger partial charge in [-0.3, -0.25) is 4.79 Å². The second-order valence-electron chi connectivity index (χ2n) is 7.94. The average molecular weight is 433 g/mol. The molecule has 0 spiro atoms. The van der Waals surface area contributed by atoms with Crippen LogP contribution in [0.5, 0.6) is 0 Å². The number of nitrogens with one attached hydrogen (secondary N) is 3. The van der Waals surface area contributed by atoms with Gasteiger partial charge >= 0.3 is 0 Å². The fraction of sp³-hybridized carbons (Fsp3) is 0.400. The summed E-state index contributed by atoms with van der Waals surface area (Å²) < 4.78 is 29.6. The van der Waals surface area contributed by atoms with Crippen LogP contribution >= 0.6 is 0 Å². The Labute approximate surface area is 177 Å². The Balaban J connectivity index is 1.83. The third kappa shape index (κ3) is 5.43. The Morgan fingerprint density at radius 3 is 2.77 bits per heavy atom. The molecule has 1 amide bonds. The van der Waals surface area contributed by atoms with Gasteiger partial charge in [0.05, 0.1) is 35.8 Å². The van der Waals surface area contributed by atoms with Gasteiger partial charge in [0, 0.05) is 24.4 Å². The Bertz CT molecular complexity index is 1080. The van der Waals surface area contributed by atoms with Crippen LogP contribution in [-0.4, -0.2) is 55.0 Å². The second-order valence-corrected chi connectivity index (χ2v) is 7.94. The molecule has 9 nitrogen and oxygen atoms in total. The van der Waals surface area contributed by atoms with E-state index in [-0.39, 0.29) is 29.8 Å². The number of rotatable bonds is 8. The lowest BCUT2D eigenvalue weighted by Crippen LogP contribution is -2.42. The summed E-state index contributed by atoms with van der Waals surface area (Å²) in [5.41, 5.74) is -0.518. The molecule has 0 saturated heterocycles. The molecule has 166 valence electrons. The van der Waals surface area contributed by atoms with E-state index < -0.39 is 23.5 Å². The molecule has 31 heavy (non-hydrogen) atoms. The number of carbonyl (C=O) groups is 1. The van der Waals surface area contributed by atoms with Crippen molar-refractivity contribution >= 4 is 28.9 Å². The topological polar surface area (TPSA) is 116 Å². The highest BCUT2D eigenvalue weighted by Gasteiger charge is 2.27. The van der Waals surface area contributed by atoms with Crippen LogP contribution < -0.4 is 16.0 Å². The molecule has 4 N–H and O–H groups in total. The van der Waals surface area contributed by atoms with Gasteiger partial charge in [0.2, 0.25) is 0 Å². The molecule has 0 fully saturated rings. The number of carbonyl (C=O) groups excluding carboxylic acids is 1. The summed E-state index contributed by atoms with van der Waals surface area (Å²) in [7, 11) is 0. The summed E-state index contributed by atoms with van der Waals surface area (Å²) >= 11 is 0. The van der Waals surface area contributed by atoms with E-state index in [1.54, 1.807) is 12.1 Å². The van der Waals surface area contributed by atoms with E-state index in [2.05, 4.69) is 31.0 Å². The first-order valence-electron chi connectivity index (χ1n) is 9.72. The highest BCUT2D eigenvalue weighted by Crippen LogP contribution is 2.23. The molecule has 3 heterocycles. The van der Waals surface area contributed by atoms with Crippen LogP contribution in [0.15, 0.2) is 30.7 Å². The minimum Gasteiger partial charge on any atom is -0.387 e. The van der Waals surface area contributed by atoms with E-state index >= 15 is 0 Å². The van der Waals surface area contributed by atoms with E-state index in [1.165, 1.54) is 37.0 Å². The number of aromatic nitrogens is 4. The van der Waals surface area contributed by atoms with Crippen molar-refractivity contribution in [3.63, 3.8) is 0 Å². The van der Waals surface area contributed by atoms with Crippen molar-refractivity contribution in [3.8, 4) is 0 Å². The summed E-state index contributed by atoms with van der Waals surface area (Å²) in [6, 6.07) is 3.15. The van der Waals surface area contributed by atoms with E-state index in [1.807, 2.05) is 13.8 Å². The predicted molar refractivity (Wildman–Crippen MR) is 113 cm³/mol. The number of anilines is 3. The molecule has 3 aromatic rings. The van der Waals surface area contributed by atoms with E-state index in [9.17, 15) is 18.7 Å². The number of alkyl halides is 1. The molecule has 0 aromatic carbocycles. The SMILES string of the molecule is CC(C)Nc1cc(Nc2nc3ccnn3cc2F)ncc1C(=O)NCC(F)C(C)(C)O. The van der Waals surface area contributed by atoms with Gasteiger partial charge in [-0.25, -0.2) is 23.3 Å². The molecule has 1 atom stereocenters. The number of fused-ring (bicyclic) bond motifs is 1. The maximum atomic E-state index is 14.3. The van der Waals surface area contributed by atoms with Gasteiger partial charge in [-0.2, -0.15) is 5.10 Å². The third-order valence-electron chi connectivity index (χ3n) is 4.39. The zero-order valence-corrected chi connectivity index (χ0v) is 17.6. The summed E-state index contributed by atoms with van der Waals surface area (Å²) in [6.07, 6.45) is 2.35. The molecule has 3 aromatic heterocycles. The van der Waals surface area contributed by atoms with Gasteiger partial charge in [0.1, 0.15) is 12.0 Å². The van der Waals surface area contributed by atoms with Crippen molar-refractivity contribution in [2.45, 2.75) is 45.5 Å². The van der Waals surface area contributed by atoms with Crippen LogP contribution in [0.4, 0.5) is 26.1 Å². The number of aliphatic hydroxyl groups is 1. The normalized spacial score (nSPS) is 12.8. The fourth-order valence-corrected chi connectivity index (χ4v) is 2.70. The molecular weight excluding hydrogens is 408 g/mol. The van der Waals surface area contributed by atoms with E-state index in [0.717, 1.165) is 0 Å². The first kappa shape index (κ1) is 22.3. The van der Waals surface area contributed by atoms with Gasteiger partial charge < -0.3 is 21.1 Å². The van der Waals surface area contributed by atoms with Gasteiger partial charge in [0.15, 0.2) is 17.3 Å². The lowest BCUT2D eigenvalue weighted by atomic mass is 10.0. The number of hydrogen-bond acceptors (Lipinski definition) is 7. The maximum absolute atomic E-state index is 14.3. The Morgan fingerprint density at radius 1 is 1.35 bits per heavy atom. The molecule has 1 unspecified atom stereocenters. The average Bonchev–Trinajstić information content (AvgIpc) is 3.12. The highest BCUT2D eigenvalue weighted by molar-refractivity contribution is 5.99. The fourth-order valence-electron chi connectivity index (χ4n) is 2.70. The minimum absolute atomic E-state index is 0.0231. The number of halogens is 2. The second kappa shape index (κ2) is 8.80. The van der Waals surface area contributed by atoms with Crippen molar-refractivity contribution in [3.05, 3.63) is 42.1 Å². The number of nitrogens with zero attached hydrogens (tertiary/aromatic N) is 4. The monoisotopic (exact) mass is 433 g/mol. The van der Waals surface area contributed by atoms with E-state index in [4.69, 9.17) is 0 Å². The quantitative estimate of drug-likeness (QED) is 0.432. The van der Waals surface area contributed by atoms with Crippen LogP contribution in [0.2, 0.25) is 0 Å². The van der Waals surface area contributed by atoms with Crippen LogP contribution in [0.1, 0.15) is 38.1 Å². The first-order chi connectivity index (χ1) is 14.5. The molecule has 0 radical (unpaired) electrons. The molecule has 3 rings (SSSR count). The third-order valence-corrected chi connectivity index (χ3v) is 4.39. The molecule has 0 aliphatic carbocycles. The number of amides is 1. The molecule has 11 heteroatoms. The molecule has 0 saturated carbocycles.